The summed E-state index contributed by atoms with van der Waals surface area (Å²) in [6.07, 6.45) is 3.78. The van der Waals surface area contributed by atoms with E-state index < -0.39 is 23.1 Å². The van der Waals surface area contributed by atoms with Gasteiger partial charge in [-0.25, -0.2) is 9.59 Å². The van der Waals surface area contributed by atoms with Crippen molar-refractivity contribution in [2.75, 3.05) is 6.61 Å². The molecule has 6 nitrogen and oxygen atoms in total. The van der Waals surface area contributed by atoms with Crippen LogP contribution in [0.15, 0.2) is 60.7 Å². The molecule has 182 valence electrons. The van der Waals surface area contributed by atoms with Gasteiger partial charge >= 0.3 is 11.9 Å². The first-order valence-corrected chi connectivity index (χ1v) is 12.1. The van der Waals surface area contributed by atoms with Gasteiger partial charge in [0.2, 0.25) is 5.60 Å². The summed E-state index contributed by atoms with van der Waals surface area (Å²) in [5.74, 6) is -1.88. The maximum Gasteiger partial charge on any atom is 0.360 e. The van der Waals surface area contributed by atoms with Crippen LogP contribution in [-0.4, -0.2) is 29.9 Å². The second-order valence-corrected chi connectivity index (χ2v) is 8.88. The van der Waals surface area contributed by atoms with E-state index in [9.17, 15) is 14.4 Å². The van der Waals surface area contributed by atoms with Gasteiger partial charge in [0.15, 0.2) is 5.78 Å². The number of esters is 2. The van der Waals surface area contributed by atoms with E-state index in [1.54, 1.807) is 24.3 Å². The lowest BCUT2D eigenvalue weighted by Gasteiger charge is -2.41. The number of benzene rings is 2. The molecule has 0 amide bonds. The molecule has 34 heavy (non-hydrogen) atoms. The van der Waals surface area contributed by atoms with Crippen LogP contribution in [0, 0.1) is 0 Å². The number of ketones is 1. The van der Waals surface area contributed by atoms with Crippen LogP contribution < -0.4 is 0 Å². The molecule has 0 unspecified atom stereocenters. The number of Topliss-reactive ketones (excluding diaryl/α,β-unsaturated/α-hetero) is 1. The zero-order chi connectivity index (χ0) is 24.4. The van der Waals surface area contributed by atoms with Crippen LogP contribution in [-0.2, 0) is 40.8 Å². The summed E-state index contributed by atoms with van der Waals surface area (Å²) < 4.78 is 17.0. The largest absolute Gasteiger partial charge is 0.439 e. The van der Waals surface area contributed by atoms with E-state index >= 15 is 0 Å². The minimum Gasteiger partial charge on any atom is -0.439 e. The van der Waals surface area contributed by atoms with Crippen molar-refractivity contribution in [2.24, 2.45) is 0 Å². The van der Waals surface area contributed by atoms with Gasteiger partial charge in [0, 0.05) is 25.0 Å². The second kappa shape index (κ2) is 11.9. The Labute approximate surface area is 201 Å². The molecule has 3 rings (SSSR count). The highest BCUT2D eigenvalue weighted by molar-refractivity contribution is 6.11. The van der Waals surface area contributed by atoms with Crippen LogP contribution in [0.5, 0.6) is 0 Å². The Morgan fingerprint density at radius 1 is 0.853 bits per heavy atom. The molecule has 0 aliphatic carbocycles. The molecular weight excluding hydrogens is 432 g/mol. The van der Waals surface area contributed by atoms with Crippen molar-refractivity contribution in [1.82, 2.24) is 0 Å². The fraction of sp³-hybridized carbons (Fsp3) is 0.464. The maximum absolute atomic E-state index is 13.2. The zero-order valence-electron chi connectivity index (χ0n) is 20.1. The van der Waals surface area contributed by atoms with Crippen LogP contribution in [0.1, 0.15) is 69.9 Å². The Bertz CT molecular complexity index is 957. The minimum atomic E-state index is -1.86. The Balaban J connectivity index is 1.55. The third-order valence-corrected chi connectivity index (χ3v) is 6.24. The maximum atomic E-state index is 13.2. The van der Waals surface area contributed by atoms with E-state index in [1.165, 1.54) is 6.92 Å². The summed E-state index contributed by atoms with van der Waals surface area (Å²) in [6, 6.07) is 18.7. The molecule has 2 aromatic carbocycles. The van der Waals surface area contributed by atoms with Crippen LogP contribution in [0.25, 0.3) is 0 Å². The molecule has 0 radical (unpaired) electrons. The van der Waals surface area contributed by atoms with Crippen LogP contribution in [0.3, 0.4) is 0 Å². The molecule has 1 heterocycles. The lowest BCUT2D eigenvalue weighted by Crippen LogP contribution is -2.61. The third kappa shape index (κ3) is 5.92. The third-order valence-electron chi connectivity index (χ3n) is 6.24. The van der Waals surface area contributed by atoms with E-state index in [2.05, 4.69) is 0 Å². The molecule has 0 spiro atoms. The quantitative estimate of drug-likeness (QED) is 0.227. The molecular formula is C28H34O6. The number of cyclic esters (lactones) is 2. The summed E-state index contributed by atoms with van der Waals surface area (Å²) in [5.41, 5.74) is -1.79. The smallest absolute Gasteiger partial charge is 0.360 e. The van der Waals surface area contributed by atoms with Gasteiger partial charge in [-0.1, -0.05) is 80.4 Å². The van der Waals surface area contributed by atoms with Crippen molar-refractivity contribution in [3.8, 4) is 0 Å². The van der Waals surface area contributed by atoms with E-state index in [0.29, 0.717) is 31.6 Å². The van der Waals surface area contributed by atoms with Gasteiger partial charge < -0.3 is 14.2 Å². The minimum absolute atomic E-state index is 0.137. The van der Waals surface area contributed by atoms with Crippen molar-refractivity contribution in [3.63, 3.8) is 0 Å². The van der Waals surface area contributed by atoms with Gasteiger partial charge in [-0.15, -0.1) is 0 Å². The Hall–Kier alpha value is -2.99. The molecule has 2 atom stereocenters. The Kier molecular flexibility index (Phi) is 8.99. The predicted octanol–water partition coefficient (Wildman–Crippen LogP) is 5.28. The molecule has 0 N–H and O–H groups in total. The molecule has 1 fully saturated rings. The summed E-state index contributed by atoms with van der Waals surface area (Å²) in [6.45, 7) is 4.61. The van der Waals surface area contributed by atoms with Gasteiger partial charge in [0.25, 0.3) is 5.60 Å². The lowest BCUT2D eigenvalue weighted by molar-refractivity contribution is -0.226. The Morgan fingerprint density at radius 3 is 2.21 bits per heavy atom. The van der Waals surface area contributed by atoms with Crippen molar-refractivity contribution < 1.29 is 28.6 Å². The van der Waals surface area contributed by atoms with Gasteiger partial charge in [0.1, 0.15) is 0 Å². The highest BCUT2D eigenvalue weighted by Crippen LogP contribution is 2.39. The molecule has 1 aliphatic heterocycles. The van der Waals surface area contributed by atoms with Gasteiger partial charge in [0.05, 0.1) is 6.61 Å². The first kappa shape index (κ1) is 25.6. The number of carbonyl (C=O) groups excluding carboxylic acids is 3. The number of carbonyl (C=O) groups is 3. The van der Waals surface area contributed by atoms with E-state index in [0.717, 1.165) is 24.8 Å². The molecule has 0 aromatic heterocycles. The van der Waals surface area contributed by atoms with Gasteiger partial charge in [-0.3, -0.25) is 4.79 Å². The van der Waals surface area contributed by atoms with Crippen molar-refractivity contribution in [2.45, 2.75) is 76.6 Å². The lowest BCUT2D eigenvalue weighted by atomic mass is 9.85. The number of rotatable bonds is 13. The van der Waals surface area contributed by atoms with Crippen LogP contribution in [0.2, 0.25) is 0 Å². The summed E-state index contributed by atoms with van der Waals surface area (Å²) in [5, 5.41) is 0. The molecule has 0 bridgehead atoms. The highest BCUT2D eigenvalue weighted by atomic mass is 16.7. The number of hydrogen-bond donors (Lipinski definition) is 0. The fourth-order valence-electron chi connectivity index (χ4n) is 4.06. The van der Waals surface area contributed by atoms with Crippen LogP contribution in [0.4, 0.5) is 0 Å². The predicted molar refractivity (Wildman–Crippen MR) is 128 cm³/mol. The average molecular weight is 467 g/mol. The summed E-state index contributed by atoms with van der Waals surface area (Å²) in [4.78, 5) is 39.4. The SMILES string of the molecule is CCCC[C@]1(C(=O)CCCCCOCc2ccccc2)OC(=O)[C@](C)(c2ccccc2)OC1=O. The van der Waals surface area contributed by atoms with Gasteiger partial charge in [-0.05, 0) is 31.7 Å². The van der Waals surface area contributed by atoms with Crippen molar-refractivity contribution >= 4 is 17.7 Å². The van der Waals surface area contributed by atoms with Crippen molar-refractivity contribution in [1.29, 1.82) is 0 Å². The molecule has 6 heteroatoms. The number of unbranched alkanes of at least 4 members (excludes halogenated alkanes) is 3. The van der Waals surface area contributed by atoms with E-state index in [-0.39, 0.29) is 18.6 Å². The Morgan fingerprint density at radius 2 is 1.53 bits per heavy atom. The molecule has 2 aromatic rings. The highest BCUT2D eigenvalue weighted by Gasteiger charge is 2.60. The number of hydrogen-bond acceptors (Lipinski definition) is 6. The monoisotopic (exact) mass is 466 g/mol. The molecule has 1 saturated heterocycles. The second-order valence-electron chi connectivity index (χ2n) is 8.88. The fourth-order valence-corrected chi connectivity index (χ4v) is 4.06. The first-order valence-electron chi connectivity index (χ1n) is 12.1. The zero-order valence-corrected chi connectivity index (χ0v) is 20.1. The summed E-state index contributed by atoms with van der Waals surface area (Å²) >= 11 is 0. The van der Waals surface area contributed by atoms with Crippen LogP contribution >= 0.6 is 0 Å². The first-order chi connectivity index (χ1) is 16.4. The normalized spacial score (nSPS) is 22.2. The van der Waals surface area contributed by atoms with Gasteiger partial charge in [-0.2, -0.15) is 0 Å². The molecule has 1 aliphatic rings. The number of ether oxygens (including phenoxy) is 3. The van der Waals surface area contributed by atoms with E-state index in [1.807, 2.05) is 43.3 Å². The van der Waals surface area contributed by atoms with E-state index in [4.69, 9.17) is 14.2 Å². The van der Waals surface area contributed by atoms with Crippen molar-refractivity contribution in [3.05, 3.63) is 71.8 Å². The topological polar surface area (TPSA) is 78.9 Å². The summed E-state index contributed by atoms with van der Waals surface area (Å²) in [7, 11) is 0. The average Bonchev–Trinajstić information content (AvgIpc) is 2.86. The molecule has 0 saturated carbocycles. The standard InChI is InChI=1S/C28H34O6/c1-3-4-19-28(24(29)18-12-7-13-20-32-21-22-14-8-5-9-15-22)26(31)33-27(2,25(30)34-28)23-16-10-6-11-17-23/h5-6,8-11,14-17H,3-4,7,12-13,18-21H2,1-2H3/t27-,28+/m0/s1.